The molecule has 0 aromatic heterocycles. The number of rotatable bonds is 5. The molecule has 1 atom stereocenters. The largest absolute Gasteiger partial charge is 0.497 e. The van der Waals surface area contributed by atoms with Gasteiger partial charge in [-0.1, -0.05) is 15.9 Å². The van der Waals surface area contributed by atoms with Gasteiger partial charge in [0.25, 0.3) is 0 Å². The maximum Gasteiger partial charge on any atom is 0.239 e. The number of carbonyl (C=O) groups excluding carboxylic acids is 1. The number of methoxy groups -OCH3 is 1. The first kappa shape index (κ1) is 12.4. The Morgan fingerprint density at radius 2 is 2.29 bits per heavy atom. The number of hydrogen-bond donors (Lipinski definition) is 2. The van der Waals surface area contributed by atoms with Gasteiger partial charge in [0, 0.05) is 10.5 Å². The van der Waals surface area contributed by atoms with E-state index in [-0.39, 0.29) is 5.91 Å². The van der Waals surface area contributed by atoms with Crippen molar-refractivity contribution in [3.63, 3.8) is 0 Å². The Bertz CT molecular complexity index is 433. The lowest BCUT2D eigenvalue weighted by molar-refractivity contribution is -0.120. The number of nitrogens with two attached hydrogens (primary N) is 1. The minimum Gasteiger partial charge on any atom is -0.497 e. The molecule has 1 aliphatic rings. The maximum atomic E-state index is 11.5. The summed E-state index contributed by atoms with van der Waals surface area (Å²) in [6.45, 7) is 0. The van der Waals surface area contributed by atoms with Gasteiger partial charge in [-0.25, -0.2) is 0 Å². The third kappa shape index (κ3) is 2.98. The summed E-state index contributed by atoms with van der Waals surface area (Å²) < 4.78 is 6.02. The Labute approximate surface area is 109 Å². The molecule has 1 saturated carbocycles. The lowest BCUT2D eigenvalue weighted by Gasteiger charge is -2.17. The van der Waals surface area contributed by atoms with Gasteiger partial charge in [0.2, 0.25) is 5.91 Å². The summed E-state index contributed by atoms with van der Waals surface area (Å²) in [6, 6.07) is 5.47. The van der Waals surface area contributed by atoms with Gasteiger partial charge in [-0.3, -0.25) is 10.1 Å². The quantitative estimate of drug-likeness (QED) is 0.870. The molecule has 0 bridgehead atoms. The summed E-state index contributed by atoms with van der Waals surface area (Å²) in [5, 5.41) is 3.24. The Morgan fingerprint density at radius 3 is 2.82 bits per heavy atom. The van der Waals surface area contributed by atoms with E-state index in [1.807, 2.05) is 18.2 Å². The van der Waals surface area contributed by atoms with E-state index < -0.39 is 6.04 Å². The van der Waals surface area contributed by atoms with Gasteiger partial charge in [0.1, 0.15) is 11.8 Å². The lowest BCUT2D eigenvalue weighted by atomic mass is 10.1. The maximum absolute atomic E-state index is 11.5. The van der Waals surface area contributed by atoms with Crippen LogP contribution in [0.5, 0.6) is 5.75 Å². The van der Waals surface area contributed by atoms with Crippen molar-refractivity contribution in [3.8, 4) is 5.75 Å². The fraction of sp³-hybridized carbons (Fsp3) is 0.417. The van der Waals surface area contributed by atoms with E-state index in [1.165, 1.54) is 0 Å². The Hall–Kier alpha value is -1.07. The van der Waals surface area contributed by atoms with Crippen LogP contribution in [-0.4, -0.2) is 19.1 Å². The zero-order valence-electron chi connectivity index (χ0n) is 9.57. The van der Waals surface area contributed by atoms with Crippen LogP contribution in [0.15, 0.2) is 22.7 Å². The summed E-state index contributed by atoms with van der Waals surface area (Å²) in [6.07, 6.45) is 2.21. The normalized spacial score (nSPS) is 16.6. The zero-order valence-corrected chi connectivity index (χ0v) is 11.2. The number of halogens is 1. The van der Waals surface area contributed by atoms with Crippen molar-refractivity contribution in [1.82, 2.24) is 5.32 Å². The van der Waals surface area contributed by atoms with E-state index in [0.29, 0.717) is 11.8 Å². The second kappa shape index (κ2) is 5.06. The molecule has 0 radical (unpaired) electrons. The topological polar surface area (TPSA) is 64.3 Å². The van der Waals surface area contributed by atoms with Gasteiger partial charge < -0.3 is 10.5 Å². The highest BCUT2D eigenvalue weighted by atomic mass is 79.9. The third-order valence-corrected chi connectivity index (χ3v) is 3.50. The second-order valence-electron chi connectivity index (χ2n) is 4.16. The number of carbonyl (C=O) groups is 1. The molecule has 1 unspecified atom stereocenters. The van der Waals surface area contributed by atoms with Crippen molar-refractivity contribution in [3.05, 3.63) is 28.2 Å². The van der Waals surface area contributed by atoms with Gasteiger partial charge >= 0.3 is 0 Å². The van der Waals surface area contributed by atoms with Crippen LogP contribution in [0.3, 0.4) is 0 Å². The van der Waals surface area contributed by atoms with E-state index in [1.54, 1.807) is 7.11 Å². The molecule has 3 N–H and O–H groups in total. The third-order valence-electron chi connectivity index (χ3n) is 2.78. The van der Waals surface area contributed by atoms with Crippen molar-refractivity contribution >= 4 is 21.8 Å². The minimum absolute atomic E-state index is 0.370. The molecule has 1 fully saturated rings. The Kier molecular flexibility index (Phi) is 3.69. The van der Waals surface area contributed by atoms with Crippen LogP contribution in [0.1, 0.15) is 24.4 Å². The lowest BCUT2D eigenvalue weighted by Crippen LogP contribution is -2.35. The molecule has 92 valence electrons. The van der Waals surface area contributed by atoms with Crippen LogP contribution in [-0.2, 0) is 4.79 Å². The number of ether oxygens (including phenoxy) is 1. The summed E-state index contributed by atoms with van der Waals surface area (Å²) >= 11 is 3.44. The monoisotopic (exact) mass is 298 g/mol. The first-order valence-electron chi connectivity index (χ1n) is 5.50. The van der Waals surface area contributed by atoms with Crippen LogP contribution in [0.4, 0.5) is 0 Å². The average Bonchev–Trinajstić information content (AvgIpc) is 3.10. The van der Waals surface area contributed by atoms with Crippen LogP contribution < -0.4 is 15.8 Å². The first-order chi connectivity index (χ1) is 8.11. The van der Waals surface area contributed by atoms with E-state index in [0.717, 1.165) is 22.9 Å². The average molecular weight is 299 g/mol. The molecule has 0 aliphatic heterocycles. The highest BCUT2D eigenvalue weighted by Crippen LogP contribution is 2.30. The second-order valence-corrected chi connectivity index (χ2v) is 5.02. The summed E-state index contributed by atoms with van der Waals surface area (Å²) in [4.78, 5) is 11.5. The van der Waals surface area contributed by atoms with Crippen molar-refractivity contribution in [2.24, 2.45) is 5.73 Å². The summed E-state index contributed by atoms with van der Waals surface area (Å²) in [5.74, 6) is 0.345. The fourth-order valence-electron chi connectivity index (χ4n) is 1.68. The molecule has 17 heavy (non-hydrogen) atoms. The molecule has 1 aliphatic carbocycles. The molecule has 5 heteroatoms. The highest BCUT2D eigenvalue weighted by molar-refractivity contribution is 9.10. The molecule has 2 rings (SSSR count). The molecule has 0 saturated heterocycles. The number of nitrogens with one attached hydrogen (secondary N) is 1. The summed E-state index contributed by atoms with van der Waals surface area (Å²) in [7, 11) is 1.60. The fourth-order valence-corrected chi connectivity index (χ4v) is 2.16. The van der Waals surface area contributed by atoms with Crippen molar-refractivity contribution < 1.29 is 9.53 Å². The smallest absolute Gasteiger partial charge is 0.239 e. The van der Waals surface area contributed by atoms with Crippen LogP contribution in [0.2, 0.25) is 0 Å². The minimum atomic E-state index is -0.466. The number of benzene rings is 1. The van der Waals surface area contributed by atoms with E-state index in [4.69, 9.17) is 10.5 Å². The van der Waals surface area contributed by atoms with E-state index in [9.17, 15) is 4.79 Å². The number of primary amides is 1. The molecular formula is C12H15BrN2O2. The predicted molar refractivity (Wildman–Crippen MR) is 68.8 cm³/mol. The molecule has 1 aromatic rings. The number of amides is 1. The van der Waals surface area contributed by atoms with E-state index >= 15 is 0 Å². The summed E-state index contributed by atoms with van der Waals surface area (Å²) in [5.41, 5.74) is 6.27. The molecule has 1 amide bonds. The standard InChI is InChI=1S/C12H15BrN2O2/c1-17-8-4-5-10(13)9(6-8)11(12(14)16)15-7-2-3-7/h4-7,11,15H,2-3H2,1H3,(H2,14,16). The molecule has 4 nitrogen and oxygen atoms in total. The van der Waals surface area contributed by atoms with Crippen molar-refractivity contribution in [1.29, 1.82) is 0 Å². The Balaban J connectivity index is 2.29. The number of hydrogen-bond acceptors (Lipinski definition) is 3. The van der Waals surface area contributed by atoms with Crippen LogP contribution in [0, 0.1) is 0 Å². The first-order valence-corrected chi connectivity index (χ1v) is 6.30. The van der Waals surface area contributed by atoms with Gasteiger partial charge in [-0.2, -0.15) is 0 Å². The molecule has 1 aromatic carbocycles. The van der Waals surface area contributed by atoms with E-state index in [2.05, 4.69) is 21.2 Å². The van der Waals surface area contributed by atoms with Gasteiger partial charge in [-0.15, -0.1) is 0 Å². The van der Waals surface area contributed by atoms with Crippen molar-refractivity contribution in [2.45, 2.75) is 24.9 Å². The molecular weight excluding hydrogens is 284 g/mol. The van der Waals surface area contributed by atoms with Crippen LogP contribution >= 0.6 is 15.9 Å². The van der Waals surface area contributed by atoms with Gasteiger partial charge in [0.15, 0.2) is 0 Å². The molecule has 0 heterocycles. The predicted octanol–water partition coefficient (Wildman–Crippen LogP) is 1.74. The van der Waals surface area contributed by atoms with Crippen molar-refractivity contribution in [2.75, 3.05) is 7.11 Å². The van der Waals surface area contributed by atoms with Gasteiger partial charge in [-0.05, 0) is 36.6 Å². The highest BCUT2D eigenvalue weighted by Gasteiger charge is 2.29. The van der Waals surface area contributed by atoms with Crippen LogP contribution in [0.25, 0.3) is 0 Å². The Morgan fingerprint density at radius 1 is 1.59 bits per heavy atom. The SMILES string of the molecule is COc1ccc(Br)c(C(NC2CC2)C(N)=O)c1. The zero-order chi connectivity index (χ0) is 12.4. The van der Waals surface area contributed by atoms with Gasteiger partial charge in [0.05, 0.1) is 7.11 Å². The molecule has 0 spiro atoms.